The molecule has 2 unspecified atom stereocenters. The van der Waals surface area contributed by atoms with Crippen LogP contribution in [-0.4, -0.2) is 24.3 Å². The van der Waals surface area contributed by atoms with Crippen LogP contribution in [0.3, 0.4) is 0 Å². The Morgan fingerprint density at radius 1 is 1.24 bits per heavy atom. The van der Waals surface area contributed by atoms with Crippen molar-refractivity contribution in [2.24, 2.45) is 5.92 Å². The molecule has 100 valence electrons. The fourth-order valence-electron chi connectivity index (χ4n) is 3.43. The maximum atomic E-state index is 6.54. The molecule has 0 amide bonds. The van der Waals surface area contributed by atoms with Crippen LogP contribution in [-0.2, 0) is 4.74 Å². The monoisotopic (exact) mass is 239 g/mol. The van der Waals surface area contributed by atoms with Crippen molar-refractivity contribution in [2.45, 2.75) is 83.5 Å². The Labute approximate surface area is 107 Å². The summed E-state index contributed by atoms with van der Waals surface area (Å²) in [7, 11) is 0. The van der Waals surface area contributed by atoms with Crippen LogP contribution in [0.4, 0.5) is 0 Å². The van der Waals surface area contributed by atoms with Gasteiger partial charge in [-0.05, 0) is 44.4 Å². The summed E-state index contributed by atoms with van der Waals surface area (Å²) >= 11 is 0. The van der Waals surface area contributed by atoms with Crippen LogP contribution in [0.5, 0.6) is 0 Å². The van der Waals surface area contributed by atoms with Crippen molar-refractivity contribution >= 4 is 0 Å². The van der Waals surface area contributed by atoms with Crippen LogP contribution in [0.15, 0.2) is 0 Å². The van der Waals surface area contributed by atoms with Crippen molar-refractivity contribution in [1.82, 2.24) is 5.32 Å². The second-order valence-corrected chi connectivity index (χ2v) is 6.21. The molecule has 2 aliphatic rings. The minimum atomic E-state index is 0.179. The number of nitrogens with one attached hydrogen (secondary N) is 1. The van der Waals surface area contributed by atoms with Crippen molar-refractivity contribution in [3.8, 4) is 0 Å². The minimum absolute atomic E-state index is 0.179. The van der Waals surface area contributed by atoms with Gasteiger partial charge in [-0.1, -0.05) is 27.2 Å². The molecule has 1 N–H and O–H groups in total. The van der Waals surface area contributed by atoms with Gasteiger partial charge in [0.2, 0.25) is 0 Å². The van der Waals surface area contributed by atoms with E-state index in [-0.39, 0.29) is 5.60 Å². The summed E-state index contributed by atoms with van der Waals surface area (Å²) in [5, 5.41) is 3.75. The smallest absolute Gasteiger partial charge is 0.0811 e. The minimum Gasteiger partial charge on any atom is -0.369 e. The number of hydrogen-bond acceptors (Lipinski definition) is 2. The van der Waals surface area contributed by atoms with Crippen LogP contribution in [0.25, 0.3) is 0 Å². The normalized spacial score (nSPS) is 42.9. The Bertz CT molecular complexity index is 233. The molecule has 1 saturated carbocycles. The Kier molecular flexibility index (Phi) is 4.48. The number of hydrogen-bond donors (Lipinski definition) is 1. The molecule has 2 fully saturated rings. The number of morpholine rings is 1. The summed E-state index contributed by atoms with van der Waals surface area (Å²) in [6.45, 7) is 7.99. The lowest BCUT2D eigenvalue weighted by Crippen LogP contribution is -2.59. The molecule has 0 aromatic heterocycles. The SMILES string of the molecule is CCCC1OC2(CCC(C)CC2)CNC1CC. The van der Waals surface area contributed by atoms with E-state index < -0.39 is 0 Å². The average Bonchev–Trinajstić information content (AvgIpc) is 2.34. The van der Waals surface area contributed by atoms with E-state index in [1.165, 1.54) is 44.9 Å². The Morgan fingerprint density at radius 3 is 2.53 bits per heavy atom. The lowest BCUT2D eigenvalue weighted by atomic mass is 9.78. The van der Waals surface area contributed by atoms with Gasteiger partial charge in [-0.15, -0.1) is 0 Å². The number of rotatable bonds is 3. The average molecular weight is 239 g/mol. The number of ether oxygens (including phenoxy) is 1. The van der Waals surface area contributed by atoms with Gasteiger partial charge < -0.3 is 10.1 Å². The Balaban J connectivity index is 1.97. The molecular weight excluding hydrogens is 210 g/mol. The van der Waals surface area contributed by atoms with Gasteiger partial charge in [0.1, 0.15) is 0 Å². The third-order valence-electron chi connectivity index (χ3n) is 4.74. The van der Waals surface area contributed by atoms with Crippen LogP contribution in [0, 0.1) is 5.92 Å². The predicted molar refractivity (Wildman–Crippen MR) is 72.2 cm³/mol. The van der Waals surface area contributed by atoms with E-state index in [1.807, 2.05) is 0 Å². The van der Waals surface area contributed by atoms with Gasteiger partial charge in [0, 0.05) is 12.6 Å². The molecule has 1 aliphatic heterocycles. The molecule has 0 aromatic carbocycles. The maximum absolute atomic E-state index is 6.54. The van der Waals surface area contributed by atoms with Crippen molar-refractivity contribution < 1.29 is 4.74 Å². The topological polar surface area (TPSA) is 21.3 Å². The van der Waals surface area contributed by atoms with Crippen LogP contribution < -0.4 is 5.32 Å². The van der Waals surface area contributed by atoms with Crippen molar-refractivity contribution in [3.05, 3.63) is 0 Å². The summed E-state index contributed by atoms with van der Waals surface area (Å²) in [6, 6.07) is 0.583. The molecule has 17 heavy (non-hydrogen) atoms. The summed E-state index contributed by atoms with van der Waals surface area (Å²) in [4.78, 5) is 0. The molecule has 0 aromatic rings. The first-order valence-electron chi connectivity index (χ1n) is 7.60. The Hall–Kier alpha value is -0.0800. The van der Waals surface area contributed by atoms with Gasteiger partial charge in [-0.3, -0.25) is 0 Å². The summed E-state index contributed by atoms with van der Waals surface area (Å²) < 4.78 is 6.54. The van der Waals surface area contributed by atoms with Gasteiger partial charge in [-0.25, -0.2) is 0 Å². The van der Waals surface area contributed by atoms with E-state index in [0.717, 1.165) is 12.5 Å². The first-order chi connectivity index (χ1) is 8.19. The molecule has 1 spiro atoms. The highest BCUT2D eigenvalue weighted by Gasteiger charge is 2.42. The zero-order valence-corrected chi connectivity index (χ0v) is 11.8. The van der Waals surface area contributed by atoms with Gasteiger partial charge >= 0.3 is 0 Å². The standard InChI is InChI=1S/C15H29NO/c1-4-6-14-13(5-2)16-11-15(17-14)9-7-12(3)8-10-15/h12-14,16H,4-11H2,1-3H3. The van der Waals surface area contributed by atoms with Crippen LogP contribution >= 0.6 is 0 Å². The molecule has 2 atom stereocenters. The lowest BCUT2D eigenvalue weighted by molar-refractivity contribution is -0.157. The van der Waals surface area contributed by atoms with Crippen molar-refractivity contribution in [3.63, 3.8) is 0 Å². The summed E-state index contributed by atoms with van der Waals surface area (Å²) in [5.74, 6) is 0.901. The van der Waals surface area contributed by atoms with Crippen molar-refractivity contribution in [2.75, 3.05) is 6.54 Å². The highest BCUT2D eigenvalue weighted by molar-refractivity contribution is 4.96. The second kappa shape index (κ2) is 5.71. The van der Waals surface area contributed by atoms with E-state index in [0.29, 0.717) is 12.1 Å². The molecular formula is C15H29NO. The third-order valence-corrected chi connectivity index (χ3v) is 4.74. The Morgan fingerprint density at radius 2 is 1.94 bits per heavy atom. The van der Waals surface area contributed by atoms with E-state index in [2.05, 4.69) is 26.1 Å². The quantitative estimate of drug-likeness (QED) is 0.814. The van der Waals surface area contributed by atoms with Gasteiger partial charge in [0.15, 0.2) is 0 Å². The van der Waals surface area contributed by atoms with Gasteiger partial charge in [0.25, 0.3) is 0 Å². The van der Waals surface area contributed by atoms with E-state index in [1.54, 1.807) is 0 Å². The van der Waals surface area contributed by atoms with Gasteiger partial charge in [0.05, 0.1) is 11.7 Å². The summed E-state index contributed by atoms with van der Waals surface area (Å²) in [6.07, 6.45) is 9.30. The first-order valence-corrected chi connectivity index (χ1v) is 7.60. The molecule has 1 heterocycles. The lowest BCUT2D eigenvalue weighted by Gasteiger charge is -2.48. The molecule has 0 radical (unpaired) electrons. The first kappa shape index (κ1) is 13.4. The largest absolute Gasteiger partial charge is 0.369 e. The highest BCUT2D eigenvalue weighted by Crippen LogP contribution is 2.38. The fourth-order valence-corrected chi connectivity index (χ4v) is 3.43. The van der Waals surface area contributed by atoms with E-state index >= 15 is 0 Å². The summed E-state index contributed by atoms with van der Waals surface area (Å²) in [5.41, 5.74) is 0.179. The maximum Gasteiger partial charge on any atom is 0.0811 e. The molecule has 2 rings (SSSR count). The van der Waals surface area contributed by atoms with Gasteiger partial charge in [-0.2, -0.15) is 0 Å². The predicted octanol–water partition coefficient (Wildman–Crippen LogP) is 3.50. The molecule has 0 bridgehead atoms. The molecule has 2 heteroatoms. The van der Waals surface area contributed by atoms with Crippen LogP contribution in [0.1, 0.15) is 65.7 Å². The zero-order valence-electron chi connectivity index (χ0n) is 11.8. The fraction of sp³-hybridized carbons (Fsp3) is 1.00. The highest BCUT2D eigenvalue weighted by atomic mass is 16.5. The molecule has 2 nitrogen and oxygen atoms in total. The van der Waals surface area contributed by atoms with E-state index in [4.69, 9.17) is 4.74 Å². The van der Waals surface area contributed by atoms with Crippen molar-refractivity contribution in [1.29, 1.82) is 0 Å². The molecule has 1 saturated heterocycles. The van der Waals surface area contributed by atoms with Crippen LogP contribution in [0.2, 0.25) is 0 Å². The van der Waals surface area contributed by atoms with E-state index in [9.17, 15) is 0 Å². The zero-order chi connectivity index (χ0) is 12.3. The molecule has 1 aliphatic carbocycles. The third kappa shape index (κ3) is 3.03. The second-order valence-electron chi connectivity index (χ2n) is 6.21.